The molecule has 0 aliphatic carbocycles. The number of hydrogen-bond donors (Lipinski definition) is 1. The highest BCUT2D eigenvalue weighted by Crippen LogP contribution is 2.39. The van der Waals surface area contributed by atoms with Gasteiger partial charge in [-0.3, -0.25) is 4.79 Å². The first-order valence-electron chi connectivity index (χ1n) is 7.14. The number of anilines is 1. The summed E-state index contributed by atoms with van der Waals surface area (Å²) in [6.45, 7) is 3.87. The van der Waals surface area contributed by atoms with Gasteiger partial charge in [0.1, 0.15) is 17.4 Å². The first-order chi connectivity index (χ1) is 10.0. The largest absolute Gasteiger partial charge is 0.459 e. The molecule has 0 aromatic heterocycles. The average Bonchev–Trinajstić information content (AvgIpc) is 2.72. The van der Waals surface area contributed by atoms with E-state index in [1.54, 1.807) is 0 Å². The highest BCUT2D eigenvalue weighted by atomic mass is 16.6. The van der Waals surface area contributed by atoms with Crippen molar-refractivity contribution in [3.8, 4) is 0 Å². The molecule has 106 valence electrons. The Balaban J connectivity index is 1.82. The van der Waals surface area contributed by atoms with Crippen LogP contribution in [0.4, 0.5) is 11.4 Å². The predicted molar refractivity (Wildman–Crippen MR) is 82.9 cm³/mol. The Hall–Kier alpha value is -2.36. The lowest BCUT2D eigenvalue weighted by atomic mass is 9.95. The number of cyclic esters (lactones) is 1. The molecule has 1 unspecified atom stereocenters. The zero-order chi connectivity index (χ0) is 14.6. The third kappa shape index (κ3) is 1.90. The molecular formula is C17H16N2O2. The van der Waals surface area contributed by atoms with Crippen molar-refractivity contribution >= 4 is 34.0 Å². The Morgan fingerprint density at radius 3 is 2.71 bits per heavy atom. The zero-order valence-corrected chi connectivity index (χ0v) is 12.0. The van der Waals surface area contributed by atoms with Crippen LogP contribution in [0.3, 0.4) is 0 Å². The smallest absolute Gasteiger partial charge is 0.317 e. The minimum absolute atomic E-state index is 0.196. The van der Waals surface area contributed by atoms with Gasteiger partial charge in [0.2, 0.25) is 0 Å². The third-order valence-electron chi connectivity index (χ3n) is 4.07. The molecule has 0 bridgehead atoms. The van der Waals surface area contributed by atoms with Crippen LogP contribution in [-0.4, -0.2) is 17.4 Å². The summed E-state index contributed by atoms with van der Waals surface area (Å²) in [6, 6.07) is 12.1. The van der Waals surface area contributed by atoms with E-state index in [2.05, 4.69) is 22.4 Å². The second-order valence-electron chi connectivity index (χ2n) is 6.24. The Kier molecular flexibility index (Phi) is 2.40. The molecule has 0 amide bonds. The van der Waals surface area contributed by atoms with Crippen molar-refractivity contribution in [1.29, 1.82) is 0 Å². The first-order valence-corrected chi connectivity index (χ1v) is 7.14. The van der Waals surface area contributed by atoms with Crippen LogP contribution in [0, 0.1) is 5.92 Å². The molecule has 2 aliphatic rings. The summed E-state index contributed by atoms with van der Waals surface area (Å²) in [5, 5.41) is 5.57. The summed E-state index contributed by atoms with van der Waals surface area (Å²) in [5.41, 5.74) is 1.49. The molecule has 0 saturated carbocycles. The maximum absolute atomic E-state index is 12.1. The number of carbonyl (C=O) groups excluding carboxylic acids is 1. The van der Waals surface area contributed by atoms with E-state index in [1.807, 2.05) is 38.1 Å². The zero-order valence-electron chi connectivity index (χ0n) is 12.0. The number of rotatable bonds is 1. The van der Waals surface area contributed by atoms with Crippen LogP contribution in [0.5, 0.6) is 0 Å². The molecule has 4 rings (SSSR count). The lowest BCUT2D eigenvalue weighted by molar-refractivity contribution is -0.147. The van der Waals surface area contributed by atoms with Gasteiger partial charge >= 0.3 is 5.97 Å². The van der Waals surface area contributed by atoms with Gasteiger partial charge in [0.25, 0.3) is 0 Å². The standard InChI is InChI=1S/C17H16N2O2/c1-17(2)9-11(16(20)21-17)15-18-12-7-3-5-10-6-4-8-13(19-15)14(10)12/h3-8,11H,9H2,1-2H3,(H,18,19). The van der Waals surface area contributed by atoms with Crippen molar-refractivity contribution in [1.82, 2.24) is 0 Å². The van der Waals surface area contributed by atoms with Crippen molar-refractivity contribution in [2.24, 2.45) is 10.9 Å². The number of aliphatic imine (C=N–C) groups is 1. The van der Waals surface area contributed by atoms with Gasteiger partial charge in [0.15, 0.2) is 0 Å². The molecule has 1 atom stereocenters. The summed E-state index contributed by atoms with van der Waals surface area (Å²) in [6.07, 6.45) is 0.649. The van der Waals surface area contributed by atoms with Crippen molar-refractivity contribution in [3.63, 3.8) is 0 Å². The summed E-state index contributed by atoms with van der Waals surface area (Å²) in [4.78, 5) is 16.8. The molecule has 2 aliphatic heterocycles. The number of hydrogen-bond acceptors (Lipinski definition) is 4. The number of esters is 1. The van der Waals surface area contributed by atoms with Gasteiger partial charge in [-0.1, -0.05) is 24.3 Å². The van der Waals surface area contributed by atoms with Gasteiger partial charge in [-0.05, 0) is 31.4 Å². The summed E-state index contributed by atoms with van der Waals surface area (Å²) in [5.74, 6) is 0.179. The lowest BCUT2D eigenvalue weighted by Crippen LogP contribution is -2.28. The van der Waals surface area contributed by atoms with Crippen LogP contribution in [0.15, 0.2) is 41.4 Å². The highest BCUT2D eigenvalue weighted by molar-refractivity contribution is 6.18. The van der Waals surface area contributed by atoms with Crippen LogP contribution < -0.4 is 5.32 Å². The van der Waals surface area contributed by atoms with Crippen LogP contribution in [0.25, 0.3) is 10.8 Å². The second-order valence-corrected chi connectivity index (χ2v) is 6.24. The number of nitrogens with one attached hydrogen (secondary N) is 1. The van der Waals surface area contributed by atoms with E-state index in [-0.39, 0.29) is 11.9 Å². The van der Waals surface area contributed by atoms with E-state index in [4.69, 9.17) is 4.74 Å². The number of benzene rings is 2. The molecule has 2 aromatic rings. The van der Waals surface area contributed by atoms with Crippen molar-refractivity contribution < 1.29 is 9.53 Å². The second kappa shape index (κ2) is 4.07. The molecule has 0 spiro atoms. The van der Waals surface area contributed by atoms with E-state index < -0.39 is 5.60 Å². The summed E-state index contributed by atoms with van der Waals surface area (Å²) in [7, 11) is 0. The van der Waals surface area contributed by atoms with E-state index in [9.17, 15) is 4.79 Å². The van der Waals surface area contributed by atoms with E-state index in [0.717, 1.165) is 22.1 Å². The minimum atomic E-state index is -0.422. The quantitative estimate of drug-likeness (QED) is 0.811. The lowest BCUT2D eigenvalue weighted by Gasteiger charge is -2.21. The Bertz CT molecular complexity index is 787. The molecule has 0 radical (unpaired) electrons. The van der Waals surface area contributed by atoms with Crippen LogP contribution in [0.2, 0.25) is 0 Å². The van der Waals surface area contributed by atoms with Gasteiger partial charge in [-0.2, -0.15) is 0 Å². The molecule has 21 heavy (non-hydrogen) atoms. The van der Waals surface area contributed by atoms with E-state index >= 15 is 0 Å². The fourth-order valence-corrected chi connectivity index (χ4v) is 3.15. The monoisotopic (exact) mass is 280 g/mol. The third-order valence-corrected chi connectivity index (χ3v) is 4.07. The molecule has 1 N–H and O–H groups in total. The van der Waals surface area contributed by atoms with Gasteiger partial charge < -0.3 is 10.1 Å². The van der Waals surface area contributed by atoms with E-state index in [1.165, 1.54) is 0 Å². The van der Waals surface area contributed by atoms with Crippen molar-refractivity contribution in [2.75, 3.05) is 5.32 Å². The van der Waals surface area contributed by atoms with Crippen LogP contribution in [-0.2, 0) is 9.53 Å². The van der Waals surface area contributed by atoms with Gasteiger partial charge in [-0.15, -0.1) is 0 Å². The van der Waals surface area contributed by atoms with Crippen LogP contribution >= 0.6 is 0 Å². The molecule has 4 heteroatoms. The number of amidine groups is 1. The predicted octanol–water partition coefficient (Wildman–Crippen LogP) is 3.64. The number of ether oxygens (including phenoxy) is 1. The van der Waals surface area contributed by atoms with Gasteiger partial charge in [0.05, 0.1) is 5.69 Å². The van der Waals surface area contributed by atoms with Gasteiger partial charge in [-0.25, -0.2) is 4.99 Å². The van der Waals surface area contributed by atoms with Crippen molar-refractivity contribution in [2.45, 2.75) is 25.9 Å². The number of carbonyl (C=O) groups is 1. The normalized spacial score (nSPS) is 22.7. The Morgan fingerprint density at radius 2 is 2.00 bits per heavy atom. The van der Waals surface area contributed by atoms with E-state index in [0.29, 0.717) is 12.3 Å². The molecular weight excluding hydrogens is 264 g/mol. The minimum Gasteiger partial charge on any atom is -0.459 e. The Labute approximate surface area is 122 Å². The van der Waals surface area contributed by atoms with Crippen molar-refractivity contribution in [3.05, 3.63) is 36.4 Å². The number of nitrogens with zero attached hydrogens (tertiary/aromatic N) is 1. The maximum atomic E-state index is 12.1. The molecule has 4 nitrogen and oxygen atoms in total. The summed E-state index contributed by atoms with van der Waals surface area (Å²) < 4.78 is 5.42. The molecule has 2 aromatic carbocycles. The average molecular weight is 280 g/mol. The molecule has 2 heterocycles. The molecule has 1 saturated heterocycles. The van der Waals surface area contributed by atoms with Gasteiger partial charge in [0, 0.05) is 17.5 Å². The first kappa shape index (κ1) is 12.4. The SMILES string of the molecule is CC1(C)CC(C2=Nc3cccc4cccc(c34)N2)C(=O)O1. The molecule has 1 fully saturated rings. The topological polar surface area (TPSA) is 50.7 Å². The maximum Gasteiger partial charge on any atom is 0.317 e. The fourth-order valence-electron chi connectivity index (χ4n) is 3.15. The van der Waals surface area contributed by atoms with Crippen LogP contribution in [0.1, 0.15) is 20.3 Å². The fraction of sp³-hybridized carbons (Fsp3) is 0.294. The Morgan fingerprint density at radius 1 is 1.24 bits per heavy atom. The highest BCUT2D eigenvalue weighted by Gasteiger charge is 2.43. The summed E-state index contributed by atoms with van der Waals surface area (Å²) >= 11 is 0.